The predicted octanol–water partition coefficient (Wildman–Crippen LogP) is 9.83. The van der Waals surface area contributed by atoms with Gasteiger partial charge < -0.3 is 24.2 Å². The van der Waals surface area contributed by atoms with E-state index >= 15 is 0 Å². The second kappa shape index (κ2) is 16.0. The summed E-state index contributed by atoms with van der Waals surface area (Å²) in [6.07, 6.45) is 7.09. The molecule has 1 aromatic heterocycles. The number of nitrogens with zero attached hydrogens (tertiary/aromatic N) is 6. The summed E-state index contributed by atoms with van der Waals surface area (Å²) in [6, 6.07) is 16.0. The van der Waals surface area contributed by atoms with E-state index in [4.69, 9.17) is 14.5 Å². The molecule has 8 rings (SSSR count). The minimum absolute atomic E-state index is 0.0239. The SMILES string of the molecule is CC(C)[Si](C#Cc1cccc2cccc(N3CCc4c(N5[C@@H]6CC[C@H]5CN(C(=O)OC(C)(C)C)C6)nc(OCC56CCCN5CCC6)c(C#N)c4C3)c12)(C(C)C)C(C)C. The van der Waals surface area contributed by atoms with E-state index < -0.39 is 13.7 Å². The van der Waals surface area contributed by atoms with Crippen molar-refractivity contribution in [3.05, 3.63) is 58.7 Å². The molecule has 0 spiro atoms. The van der Waals surface area contributed by atoms with Gasteiger partial charge in [0.25, 0.3) is 0 Å². The van der Waals surface area contributed by atoms with Gasteiger partial charge in [-0.2, -0.15) is 10.2 Å². The lowest BCUT2D eigenvalue weighted by atomic mass is 9.93. The fourth-order valence-electron chi connectivity index (χ4n) is 11.9. The van der Waals surface area contributed by atoms with E-state index in [1.807, 2.05) is 25.7 Å². The van der Waals surface area contributed by atoms with Gasteiger partial charge in [-0.1, -0.05) is 71.7 Å². The maximum Gasteiger partial charge on any atom is 0.410 e. The molecule has 3 aromatic rings. The smallest absolute Gasteiger partial charge is 0.410 e. The molecule has 0 radical (unpaired) electrons. The van der Waals surface area contributed by atoms with E-state index in [1.54, 1.807) is 0 Å². The fraction of sp³-hybridized carbons (Fsp3) is 0.612. The van der Waals surface area contributed by atoms with Crippen molar-refractivity contribution in [1.82, 2.24) is 14.8 Å². The Kier molecular flexibility index (Phi) is 11.2. The number of hydrogen-bond donors (Lipinski definition) is 0. The van der Waals surface area contributed by atoms with Crippen molar-refractivity contribution >= 4 is 36.4 Å². The number of hydrogen-bond acceptors (Lipinski definition) is 8. The van der Waals surface area contributed by atoms with Gasteiger partial charge in [-0.25, -0.2) is 4.79 Å². The van der Waals surface area contributed by atoms with Crippen molar-refractivity contribution in [3.8, 4) is 23.4 Å². The van der Waals surface area contributed by atoms with Crippen LogP contribution in [-0.2, 0) is 17.7 Å². The van der Waals surface area contributed by atoms with Crippen molar-refractivity contribution in [3.63, 3.8) is 0 Å². The fourth-order valence-corrected chi connectivity index (χ4v) is 17.1. The van der Waals surface area contributed by atoms with Crippen molar-refractivity contribution in [2.45, 2.75) is 154 Å². The molecule has 6 heterocycles. The molecular formula is C49H66N6O3Si. The third-order valence-electron chi connectivity index (χ3n) is 14.6. The number of anilines is 2. The van der Waals surface area contributed by atoms with E-state index in [0.717, 1.165) is 79.9 Å². The van der Waals surface area contributed by atoms with E-state index in [-0.39, 0.29) is 23.7 Å². The summed E-state index contributed by atoms with van der Waals surface area (Å²) in [5, 5.41) is 13.4. The molecule has 4 fully saturated rings. The first-order chi connectivity index (χ1) is 28.2. The van der Waals surface area contributed by atoms with E-state index in [0.29, 0.717) is 54.3 Å². The number of amides is 1. The number of fused-ring (bicyclic) bond motifs is 5. The van der Waals surface area contributed by atoms with Crippen LogP contribution in [0.2, 0.25) is 16.6 Å². The second-order valence-electron chi connectivity index (χ2n) is 20.1. The Balaban J connectivity index is 1.19. The Morgan fingerprint density at radius 2 is 1.58 bits per heavy atom. The molecule has 0 N–H and O–H groups in total. The molecule has 0 aliphatic carbocycles. The van der Waals surface area contributed by atoms with Crippen LogP contribution >= 0.6 is 0 Å². The quantitative estimate of drug-likeness (QED) is 0.164. The summed E-state index contributed by atoms with van der Waals surface area (Å²) in [7, 11) is -1.97. The van der Waals surface area contributed by atoms with E-state index in [9.17, 15) is 10.1 Å². The molecule has 9 nitrogen and oxygen atoms in total. The maximum atomic E-state index is 13.3. The summed E-state index contributed by atoms with van der Waals surface area (Å²) in [6.45, 7) is 25.4. The average Bonchev–Trinajstić information content (AvgIpc) is 3.85. The van der Waals surface area contributed by atoms with Gasteiger partial charge in [-0.3, -0.25) is 4.90 Å². The standard InChI is InChI=1S/C49H66N6O3Si/c1-33(2)59(34(3)4,35(5)6)27-21-37-15-10-14-36-16-11-17-43(44(36)37)52-26-20-40-42(31-52)41(28-50)46(57-32-49-22-12-24-54(49)25-13-23-49)51-45(40)55-38-18-19-39(55)30-53(29-38)47(56)58-48(7,8)9/h10-11,14-17,33-35,38-39H,12-13,18-20,22-26,29-32H2,1-9H3/t38-,39+. The normalized spacial score (nSPS) is 21.5. The van der Waals surface area contributed by atoms with Crippen molar-refractivity contribution < 1.29 is 14.3 Å². The van der Waals surface area contributed by atoms with Crippen LogP contribution < -0.4 is 14.5 Å². The summed E-state index contributed by atoms with van der Waals surface area (Å²) in [5.41, 5.74) is 10.1. The molecule has 5 aliphatic rings. The molecule has 5 aliphatic heterocycles. The number of benzene rings is 2. The monoisotopic (exact) mass is 814 g/mol. The minimum atomic E-state index is -1.97. The van der Waals surface area contributed by atoms with Crippen molar-refractivity contribution in [2.24, 2.45) is 0 Å². The molecule has 0 saturated carbocycles. The number of nitriles is 1. The van der Waals surface area contributed by atoms with Gasteiger partial charge in [0.15, 0.2) is 0 Å². The van der Waals surface area contributed by atoms with Crippen LogP contribution in [0.4, 0.5) is 16.3 Å². The molecule has 2 aromatic carbocycles. The lowest BCUT2D eigenvalue weighted by Crippen LogP contribution is -2.57. The zero-order valence-electron chi connectivity index (χ0n) is 37.2. The second-order valence-corrected chi connectivity index (χ2v) is 25.6. The number of likely N-dealkylation sites (tertiary alicyclic amines) is 1. The van der Waals surface area contributed by atoms with Gasteiger partial charge in [0.1, 0.15) is 37.7 Å². The molecule has 314 valence electrons. The molecule has 2 bridgehead atoms. The third-order valence-corrected chi connectivity index (χ3v) is 20.9. The van der Waals surface area contributed by atoms with E-state index in [1.165, 1.54) is 23.6 Å². The molecule has 0 unspecified atom stereocenters. The molecule has 1 amide bonds. The van der Waals surface area contributed by atoms with Crippen LogP contribution in [0.3, 0.4) is 0 Å². The number of pyridine rings is 1. The van der Waals surface area contributed by atoms with Crippen molar-refractivity contribution in [1.29, 1.82) is 5.26 Å². The third kappa shape index (κ3) is 7.48. The number of carbonyl (C=O) groups is 1. The molecular weight excluding hydrogens is 749 g/mol. The first-order valence-corrected chi connectivity index (χ1v) is 24.8. The van der Waals surface area contributed by atoms with Gasteiger partial charge in [-0.05, 0) is 113 Å². The summed E-state index contributed by atoms with van der Waals surface area (Å²) in [4.78, 5) is 28.1. The number of ether oxygens (including phenoxy) is 2. The predicted molar refractivity (Wildman–Crippen MR) is 241 cm³/mol. The van der Waals surface area contributed by atoms with Crippen LogP contribution in [0.1, 0.15) is 123 Å². The Morgan fingerprint density at radius 3 is 2.19 bits per heavy atom. The van der Waals surface area contributed by atoms with Gasteiger partial charge in [-0.15, -0.1) is 5.54 Å². The minimum Gasteiger partial charge on any atom is -0.475 e. The topological polar surface area (TPSA) is 85.2 Å². The van der Waals surface area contributed by atoms with Gasteiger partial charge >= 0.3 is 6.09 Å². The summed E-state index contributed by atoms with van der Waals surface area (Å²) >= 11 is 0. The maximum absolute atomic E-state index is 13.3. The number of carbonyl (C=O) groups excluding carboxylic acids is 1. The first kappa shape index (κ1) is 41.5. The highest BCUT2D eigenvalue weighted by Crippen LogP contribution is 2.45. The lowest BCUT2D eigenvalue weighted by molar-refractivity contribution is 0.0209. The van der Waals surface area contributed by atoms with E-state index in [2.05, 4.69) is 110 Å². The Hall–Kier alpha value is -4.25. The number of aromatic nitrogens is 1. The number of rotatable bonds is 8. The zero-order valence-corrected chi connectivity index (χ0v) is 38.2. The lowest BCUT2D eigenvalue weighted by Gasteiger charge is -2.44. The van der Waals surface area contributed by atoms with Crippen LogP contribution in [0.5, 0.6) is 5.88 Å². The zero-order chi connectivity index (χ0) is 41.9. The van der Waals surface area contributed by atoms with Gasteiger partial charge in [0, 0.05) is 66.0 Å². The molecule has 4 saturated heterocycles. The first-order valence-electron chi connectivity index (χ1n) is 22.6. The average molecular weight is 815 g/mol. The van der Waals surface area contributed by atoms with Crippen LogP contribution in [0.25, 0.3) is 10.8 Å². The Labute approximate surface area is 354 Å². The number of piperazine rings is 1. The highest BCUT2D eigenvalue weighted by molar-refractivity contribution is 6.90. The van der Waals surface area contributed by atoms with Crippen LogP contribution in [0, 0.1) is 22.8 Å². The van der Waals surface area contributed by atoms with Gasteiger partial charge in [0.05, 0.1) is 5.54 Å². The summed E-state index contributed by atoms with van der Waals surface area (Å²) < 4.78 is 12.7. The molecule has 59 heavy (non-hydrogen) atoms. The highest BCUT2D eigenvalue weighted by atomic mass is 28.3. The van der Waals surface area contributed by atoms with Crippen molar-refractivity contribution in [2.75, 3.05) is 49.1 Å². The highest BCUT2D eigenvalue weighted by Gasteiger charge is 2.47. The molecule has 2 atom stereocenters. The van der Waals surface area contributed by atoms with Crippen LogP contribution in [0.15, 0.2) is 36.4 Å². The van der Waals surface area contributed by atoms with Gasteiger partial charge in [0.2, 0.25) is 5.88 Å². The largest absolute Gasteiger partial charge is 0.475 e. The van der Waals surface area contributed by atoms with Crippen LogP contribution in [-0.4, -0.2) is 91.5 Å². The Bertz CT molecular complexity index is 2140. The Morgan fingerprint density at radius 1 is 0.932 bits per heavy atom. The summed E-state index contributed by atoms with van der Waals surface area (Å²) in [5.74, 6) is 5.22. The molecule has 10 heteroatoms.